The maximum Gasteiger partial charge on any atom is 0.338 e. The van der Waals surface area contributed by atoms with Crippen molar-refractivity contribution in [3.05, 3.63) is 78.2 Å². The van der Waals surface area contributed by atoms with Crippen molar-refractivity contribution >= 4 is 23.8 Å². The van der Waals surface area contributed by atoms with E-state index in [4.69, 9.17) is 9.15 Å². The molecule has 0 fully saturated rings. The standard InChI is InChI=1S/C21H20N4O4S/c1-2-28-19(26)17-15(23-20(27)24-18(17)16-9-6-12-29-16)13-30-21-22-10-11-25(21)14-7-4-3-5-8-14/h3-12,18H,2,13H2,1H3,(H2,23,24,27). The van der Waals surface area contributed by atoms with Gasteiger partial charge in [0.15, 0.2) is 5.16 Å². The number of nitrogens with zero attached hydrogens (tertiary/aromatic N) is 2. The number of aromatic nitrogens is 2. The third-order valence-electron chi connectivity index (χ3n) is 4.46. The van der Waals surface area contributed by atoms with E-state index in [0.29, 0.717) is 22.8 Å². The summed E-state index contributed by atoms with van der Waals surface area (Å²) >= 11 is 1.41. The normalized spacial score (nSPS) is 16.2. The highest BCUT2D eigenvalue weighted by Gasteiger charge is 2.35. The van der Waals surface area contributed by atoms with Crippen molar-refractivity contribution < 1.29 is 18.7 Å². The fourth-order valence-electron chi connectivity index (χ4n) is 3.17. The molecule has 154 valence electrons. The van der Waals surface area contributed by atoms with Crippen LogP contribution in [0.3, 0.4) is 0 Å². The molecule has 1 aliphatic rings. The molecule has 0 aliphatic carbocycles. The predicted molar refractivity (Wildman–Crippen MR) is 111 cm³/mol. The minimum absolute atomic E-state index is 0.222. The van der Waals surface area contributed by atoms with Gasteiger partial charge in [-0.05, 0) is 31.2 Å². The van der Waals surface area contributed by atoms with Gasteiger partial charge in [-0.15, -0.1) is 0 Å². The first-order valence-corrected chi connectivity index (χ1v) is 10.4. The Hall–Kier alpha value is -3.46. The molecule has 1 atom stereocenters. The number of thioether (sulfide) groups is 1. The molecule has 1 aromatic carbocycles. The first kappa shape index (κ1) is 19.8. The van der Waals surface area contributed by atoms with Crippen LogP contribution in [0.2, 0.25) is 0 Å². The van der Waals surface area contributed by atoms with Crippen LogP contribution in [0, 0.1) is 0 Å². The van der Waals surface area contributed by atoms with Crippen molar-refractivity contribution in [2.24, 2.45) is 0 Å². The van der Waals surface area contributed by atoms with Crippen LogP contribution < -0.4 is 10.6 Å². The number of para-hydroxylation sites is 1. The Bertz CT molecular complexity index is 1060. The molecule has 3 aromatic rings. The van der Waals surface area contributed by atoms with Gasteiger partial charge in [0.05, 0.1) is 18.4 Å². The maximum atomic E-state index is 12.7. The van der Waals surface area contributed by atoms with Gasteiger partial charge in [-0.1, -0.05) is 30.0 Å². The summed E-state index contributed by atoms with van der Waals surface area (Å²) < 4.78 is 12.6. The third kappa shape index (κ3) is 4.11. The van der Waals surface area contributed by atoms with Crippen LogP contribution in [0.15, 0.2) is 82.0 Å². The number of nitrogens with one attached hydrogen (secondary N) is 2. The molecule has 4 rings (SSSR count). The number of carbonyl (C=O) groups excluding carboxylic acids is 2. The zero-order valence-electron chi connectivity index (χ0n) is 16.2. The molecular weight excluding hydrogens is 404 g/mol. The van der Waals surface area contributed by atoms with Gasteiger partial charge >= 0.3 is 12.0 Å². The van der Waals surface area contributed by atoms with E-state index >= 15 is 0 Å². The van der Waals surface area contributed by atoms with E-state index in [1.807, 2.05) is 41.1 Å². The molecule has 8 nitrogen and oxygen atoms in total. The van der Waals surface area contributed by atoms with E-state index in [1.54, 1.807) is 25.3 Å². The molecule has 0 bridgehead atoms. The second kappa shape index (κ2) is 8.91. The van der Waals surface area contributed by atoms with Gasteiger partial charge < -0.3 is 19.8 Å². The van der Waals surface area contributed by atoms with E-state index in [-0.39, 0.29) is 6.61 Å². The number of benzene rings is 1. The minimum Gasteiger partial charge on any atom is -0.467 e. The Labute approximate surface area is 177 Å². The van der Waals surface area contributed by atoms with Gasteiger partial charge in [0.25, 0.3) is 0 Å². The number of hydrogen-bond donors (Lipinski definition) is 2. The number of furan rings is 1. The summed E-state index contributed by atoms with van der Waals surface area (Å²) in [7, 11) is 0. The lowest BCUT2D eigenvalue weighted by molar-refractivity contribution is -0.139. The molecule has 0 saturated carbocycles. The van der Waals surface area contributed by atoms with Gasteiger partial charge in [0.2, 0.25) is 0 Å². The van der Waals surface area contributed by atoms with Crippen LogP contribution in [0.25, 0.3) is 5.69 Å². The maximum absolute atomic E-state index is 12.7. The quantitative estimate of drug-likeness (QED) is 0.445. The fourth-order valence-corrected chi connectivity index (χ4v) is 4.11. The Morgan fingerprint density at radius 3 is 2.83 bits per heavy atom. The van der Waals surface area contributed by atoms with Crippen LogP contribution >= 0.6 is 11.8 Å². The SMILES string of the molecule is CCOC(=O)C1=C(CSc2nccn2-c2ccccc2)NC(=O)NC1c1ccco1. The van der Waals surface area contributed by atoms with Crippen LogP contribution in [0.4, 0.5) is 4.79 Å². The topological polar surface area (TPSA) is 98.4 Å². The molecule has 0 spiro atoms. The van der Waals surface area contributed by atoms with E-state index in [1.165, 1.54) is 18.0 Å². The summed E-state index contributed by atoms with van der Waals surface area (Å²) in [6.45, 7) is 1.96. The molecular formula is C21H20N4O4S. The average Bonchev–Trinajstić information content (AvgIpc) is 3.44. The number of carbonyl (C=O) groups is 2. The van der Waals surface area contributed by atoms with Gasteiger partial charge in [0, 0.05) is 29.5 Å². The molecule has 0 saturated heterocycles. The lowest BCUT2D eigenvalue weighted by Gasteiger charge is -2.27. The lowest BCUT2D eigenvalue weighted by atomic mass is 10.0. The van der Waals surface area contributed by atoms with Gasteiger partial charge in [-0.3, -0.25) is 4.57 Å². The molecule has 30 heavy (non-hydrogen) atoms. The summed E-state index contributed by atoms with van der Waals surface area (Å²) in [6.07, 6.45) is 5.07. The van der Waals surface area contributed by atoms with Gasteiger partial charge in [-0.25, -0.2) is 14.6 Å². The molecule has 2 aromatic heterocycles. The molecule has 2 amide bonds. The number of rotatable bonds is 7. The largest absolute Gasteiger partial charge is 0.467 e. The summed E-state index contributed by atoms with van der Waals surface area (Å²) in [6, 6.07) is 12.1. The molecule has 3 heterocycles. The summed E-state index contributed by atoms with van der Waals surface area (Å²) in [5, 5.41) is 6.22. The number of esters is 1. The van der Waals surface area contributed by atoms with Crippen LogP contribution in [0.5, 0.6) is 0 Å². The Kier molecular flexibility index (Phi) is 5.89. The number of imidazole rings is 1. The molecule has 9 heteroatoms. The molecule has 1 aliphatic heterocycles. The van der Waals surface area contributed by atoms with Gasteiger partial charge in [0.1, 0.15) is 11.8 Å². The van der Waals surface area contributed by atoms with Crippen molar-refractivity contribution in [3.63, 3.8) is 0 Å². The molecule has 2 N–H and O–H groups in total. The Balaban J connectivity index is 1.65. The van der Waals surface area contributed by atoms with Crippen molar-refractivity contribution in [3.8, 4) is 5.69 Å². The summed E-state index contributed by atoms with van der Waals surface area (Å²) in [4.78, 5) is 29.4. The number of amides is 2. The number of urea groups is 1. The minimum atomic E-state index is -0.725. The first-order chi connectivity index (χ1) is 14.7. The zero-order valence-corrected chi connectivity index (χ0v) is 17.0. The second-order valence-corrected chi connectivity index (χ2v) is 7.31. The van der Waals surface area contributed by atoms with Crippen LogP contribution in [-0.4, -0.2) is 33.9 Å². The number of hydrogen-bond acceptors (Lipinski definition) is 6. The smallest absolute Gasteiger partial charge is 0.338 e. The zero-order chi connectivity index (χ0) is 20.9. The molecule has 1 unspecified atom stereocenters. The Morgan fingerprint density at radius 1 is 1.27 bits per heavy atom. The van der Waals surface area contributed by atoms with Crippen LogP contribution in [-0.2, 0) is 9.53 Å². The monoisotopic (exact) mass is 424 g/mol. The second-order valence-electron chi connectivity index (χ2n) is 6.36. The lowest BCUT2D eigenvalue weighted by Crippen LogP contribution is -2.46. The first-order valence-electron chi connectivity index (χ1n) is 9.40. The predicted octanol–water partition coefficient (Wildman–Crippen LogP) is 3.43. The summed E-state index contributed by atoms with van der Waals surface area (Å²) in [5.74, 6) is 0.275. The van der Waals surface area contributed by atoms with Crippen LogP contribution in [0.1, 0.15) is 18.7 Å². The average molecular weight is 424 g/mol. The molecule has 0 radical (unpaired) electrons. The number of ether oxygens (including phenoxy) is 1. The van der Waals surface area contributed by atoms with Crippen molar-refractivity contribution in [2.75, 3.05) is 12.4 Å². The van der Waals surface area contributed by atoms with E-state index in [0.717, 1.165) is 10.8 Å². The highest BCUT2D eigenvalue weighted by Crippen LogP contribution is 2.31. The van der Waals surface area contributed by atoms with Gasteiger partial charge in [-0.2, -0.15) is 0 Å². The Morgan fingerprint density at radius 2 is 2.10 bits per heavy atom. The highest BCUT2D eigenvalue weighted by molar-refractivity contribution is 7.99. The summed E-state index contributed by atoms with van der Waals surface area (Å²) in [5.41, 5.74) is 1.75. The van der Waals surface area contributed by atoms with Crippen molar-refractivity contribution in [1.82, 2.24) is 20.2 Å². The van der Waals surface area contributed by atoms with E-state index < -0.39 is 18.0 Å². The fraction of sp³-hybridized carbons (Fsp3) is 0.190. The van der Waals surface area contributed by atoms with E-state index in [9.17, 15) is 9.59 Å². The van der Waals surface area contributed by atoms with E-state index in [2.05, 4.69) is 15.6 Å². The highest BCUT2D eigenvalue weighted by atomic mass is 32.2. The van der Waals surface area contributed by atoms with Crippen molar-refractivity contribution in [2.45, 2.75) is 18.1 Å². The van der Waals surface area contributed by atoms with Crippen molar-refractivity contribution in [1.29, 1.82) is 0 Å². The third-order valence-corrected chi connectivity index (χ3v) is 5.46.